The summed E-state index contributed by atoms with van der Waals surface area (Å²) in [4.78, 5) is 23.0. The lowest BCUT2D eigenvalue weighted by Gasteiger charge is -2.21. The molecule has 0 saturated heterocycles. The summed E-state index contributed by atoms with van der Waals surface area (Å²) < 4.78 is 13.3. The molecule has 0 radical (unpaired) electrons. The van der Waals surface area contributed by atoms with Crippen molar-refractivity contribution >= 4 is 12.2 Å². The maximum Gasteiger partial charge on any atom is 0.254 e. The minimum absolute atomic E-state index is 0.00619. The van der Waals surface area contributed by atoms with E-state index in [9.17, 15) is 14.0 Å². The summed E-state index contributed by atoms with van der Waals surface area (Å²) >= 11 is 0. The fraction of sp³-hybridized carbons (Fsp3) is 0.500. The standard InChI is InChI=1S/C16H25FN2O2/c1-6-7-13(17)8-11(2)9-19-15(21)14(10-20)12(3)16(4,5)18/h8,10H,2,6-7,9,18H2,1,3-5H3,(H,19,21)/b13-8+,14-12-. The summed E-state index contributed by atoms with van der Waals surface area (Å²) in [7, 11) is 0. The topological polar surface area (TPSA) is 72.2 Å². The van der Waals surface area contributed by atoms with Crippen LogP contribution in [0.1, 0.15) is 40.5 Å². The average Bonchev–Trinajstić information content (AvgIpc) is 2.36. The van der Waals surface area contributed by atoms with E-state index in [2.05, 4.69) is 11.9 Å². The van der Waals surface area contributed by atoms with Gasteiger partial charge in [0, 0.05) is 12.1 Å². The maximum atomic E-state index is 13.3. The second-order valence-electron chi connectivity index (χ2n) is 5.56. The molecule has 5 heteroatoms. The van der Waals surface area contributed by atoms with Crippen LogP contribution in [0.15, 0.2) is 35.2 Å². The van der Waals surface area contributed by atoms with Gasteiger partial charge in [-0.15, -0.1) is 0 Å². The van der Waals surface area contributed by atoms with E-state index in [1.165, 1.54) is 6.08 Å². The first-order valence-corrected chi connectivity index (χ1v) is 6.90. The van der Waals surface area contributed by atoms with Crippen LogP contribution in [0.4, 0.5) is 4.39 Å². The summed E-state index contributed by atoms with van der Waals surface area (Å²) in [5.74, 6) is -0.811. The number of hydrogen-bond acceptors (Lipinski definition) is 3. The number of halogens is 1. The minimum Gasteiger partial charge on any atom is -0.348 e. The van der Waals surface area contributed by atoms with E-state index >= 15 is 0 Å². The van der Waals surface area contributed by atoms with Crippen LogP contribution < -0.4 is 11.1 Å². The Hall–Kier alpha value is -1.75. The van der Waals surface area contributed by atoms with Crippen molar-refractivity contribution < 1.29 is 14.0 Å². The van der Waals surface area contributed by atoms with Crippen molar-refractivity contribution in [2.24, 2.45) is 5.73 Å². The Labute approximate surface area is 126 Å². The van der Waals surface area contributed by atoms with Crippen LogP contribution in [0.5, 0.6) is 0 Å². The number of aldehydes is 1. The average molecular weight is 296 g/mol. The predicted octanol–water partition coefficient (Wildman–Crippen LogP) is 2.56. The molecule has 0 spiro atoms. The van der Waals surface area contributed by atoms with Crippen LogP contribution in [-0.2, 0) is 9.59 Å². The van der Waals surface area contributed by atoms with E-state index in [0.29, 0.717) is 30.3 Å². The third kappa shape index (κ3) is 6.99. The largest absolute Gasteiger partial charge is 0.348 e. The van der Waals surface area contributed by atoms with Crippen molar-refractivity contribution in [3.63, 3.8) is 0 Å². The van der Waals surface area contributed by atoms with Crippen LogP contribution in [0.3, 0.4) is 0 Å². The molecule has 0 bridgehead atoms. The highest BCUT2D eigenvalue weighted by Gasteiger charge is 2.21. The highest BCUT2D eigenvalue weighted by Crippen LogP contribution is 2.15. The first-order valence-electron chi connectivity index (χ1n) is 6.90. The molecule has 0 fully saturated rings. The van der Waals surface area contributed by atoms with Crippen LogP contribution in [0.25, 0.3) is 0 Å². The van der Waals surface area contributed by atoms with E-state index in [-0.39, 0.29) is 17.9 Å². The van der Waals surface area contributed by atoms with Crippen LogP contribution in [0.2, 0.25) is 0 Å². The Kier molecular flexibility index (Phi) is 7.81. The van der Waals surface area contributed by atoms with Crippen molar-refractivity contribution in [2.45, 2.75) is 46.1 Å². The van der Waals surface area contributed by atoms with E-state index in [0.717, 1.165) is 0 Å². The molecule has 0 aliphatic rings. The highest BCUT2D eigenvalue weighted by atomic mass is 19.1. The first kappa shape index (κ1) is 19.2. The number of rotatable bonds is 8. The molecule has 4 nitrogen and oxygen atoms in total. The zero-order valence-electron chi connectivity index (χ0n) is 13.3. The van der Waals surface area contributed by atoms with Crippen LogP contribution in [-0.4, -0.2) is 24.3 Å². The number of hydrogen-bond donors (Lipinski definition) is 2. The lowest BCUT2D eigenvalue weighted by atomic mass is 9.92. The van der Waals surface area contributed by atoms with Gasteiger partial charge in [0.25, 0.3) is 5.91 Å². The molecule has 0 aliphatic heterocycles. The van der Waals surface area contributed by atoms with Gasteiger partial charge in [-0.05, 0) is 50.8 Å². The predicted molar refractivity (Wildman–Crippen MR) is 83.3 cm³/mol. The third-order valence-electron chi connectivity index (χ3n) is 3.06. The molecule has 0 atom stereocenters. The second kappa shape index (κ2) is 8.52. The number of carbonyl (C=O) groups is 2. The summed E-state index contributed by atoms with van der Waals surface area (Å²) in [6, 6.07) is 0. The fourth-order valence-corrected chi connectivity index (χ4v) is 1.53. The van der Waals surface area contributed by atoms with E-state index in [1.54, 1.807) is 20.8 Å². The Morgan fingerprint density at radius 2 is 2.00 bits per heavy atom. The van der Waals surface area contributed by atoms with Crippen molar-refractivity contribution in [3.8, 4) is 0 Å². The van der Waals surface area contributed by atoms with Crippen molar-refractivity contribution in [1.82, 2.24) is 5.32 Å². The number of carbonyl (C=O) groups excluding carboxylic acids is 2. The van der Waals surface area contributed by atoms with Crippen LogP contribution in [0, 0.1) is 0 Å². The minimum atomic E-state index is -0.766. The monoisotopic (exact) mass is 296 g/mol. The van der Waals surface area contributed by atoms with E-state index in [1.807, 2.05) is 6.92 Å². The Bertz CT molecular complexity index is 471. The van der Waals surface area contributed by atoms with Gasteiger partial charge in [-0.2, -0.15) is 0 Å². The smallest absolute Gasteiger partial charge is 0.254 e. The molecule has 0 heterocycles. The van der Waals surface area contributed by atoms with Crippen molar-refractivity contribution in [1.29, 1.82) is 0 Å². The number of nitrogens with one attached hydrogen (secondary N) is 1. The molecular formula is C16H25FN2O2. The SMILES string of the molecule is C=C(/C=C(/F)CCC)CNC(=O)/C(C=O)=C(/C)C(C)(C)N. The molecule has 3 N–H and O–H groups in total. The molecule has 0 aliphatic carbocycles. The Balaban J connectivity index is 4.81. The van der Waals surface area contributed by atoms with Crippen molar-refractivity contribution in [2.75, 3.05) is 6.54 Å². The van der Waals surface area contributed by atoms with Gasteiger partial charge in [-0.3, -0.25) is 9.59 Å². The van der Waals surface area contributed by atoms with Gasteiger partial charge in [0.2, 0.25) is 0 Å². The Morgan fingerprint density at radius 1 is 1.43 bits per heavy atom. The third-order valence-corrected chi connectivity index (χ3v) is 3.06. The lowest BCUT2D eigenvalue weighted by Crippen LogP contribution is -2.37. The van der Waals surface area contributed by atoms with Gasteiger partial charge >= 0.3 is 0 Å². The van der Waals surface area contributed by atoms with Gasteiger partial charge in [0.1, 0.15) is 5.83 Å². The second-order valence-corrected chi connectivity index (χ2v) is 5.56. The summed E-state index contributed by atoms with van der Waals surface area (Å²) in [6.07, 6.45) is 2.82. The number of amides is 1. The van der Waals surface area contributed by atoms with Gasteiger partial charge in [0.15, 0.2) is 6.29 Å². The van der Waals surface area contributed by atoms with Crippen LogP contribution >= 0.6 is 0 Å². The first-order chi connectivity index (χ1) is 9.63. The fourth-order valence-electron chi connectivity index (χ4n) is 1.53. The molecule has 0 aromatic heterocycles. The highest BCUT2D eigenvalue weighted by molar-refractivity contribution is 6.11. The molecule has 1 amide bonds. The molecular weight excluding hydrogens is 271 g/mol. The normalized spacial score (nSPS) is 13.5. The van der Waals surface area contributed by atoms with E-state index in [4.69, 9.17) is 5.73 Å². The quantitative estimate of drug-likeness (QED) is 0.238. The van der Waals surface area contributed by atoms with Gasteiger partial charge in [-0.1, -0.05) is 13.5 Å². The number of nitrogens with two attached hydrogens (primary N) is 1. The van der Waals surface area contributed by atoms with E-state index < -0.39 is 11.4 Å². The molecule has 0 aromatic carbocycles. The summed E-state index contributed by atoms with van der Waals surface area (Å²) in [6.45, 7) is 10.7. The van der Waals surface area contributed by atoms with Gasteiger partial charge in [-0.25, -0.2) is 4.39 Å². The molecule has 0 aromatic rings. The van der Waals surface area contributed by atoms with Gasteiger partial charge < -0.3 is 11.1 Å². The lowest BCUT2D eigenvalue weighted by molar-refractivity contribution is -0.119. The molecule has 118 valence electrons. The van der Waals surface area contributed by atoms with Gasteiger partial charge in [0.05, 0.1) is 5.57 Å². The van der Waals surface area contributed by atoms with Crippen molar-refractivity contribution in [3.05, 3.63) is 35.2 Å². The zero-order chi connectivity index (χ0) is 16.6. The molecule has 21 heavy (non-hydrogen) atoms. The Morgan fingerprint density at radius 3 is 2.43 bits per heavy atom. The summed E-state index contributed by atoms with van der Waals surface area (Å²) in [5, 5.41) is 2.54. The molecule has 0 unspecified atom stereocenters. The maximum absolute atomic E-state index is 13.3. The molecule has 0 saturated carbocycles. The number of allylic oxidation sites excluding steroid dienone is 1. The summed E-state index contributed by atoms with van der Waals surface area (Å²) in [5.41, 5.74) is 6.03. The molecule has 0 rings (SSSR count). The zero-order valence-corrected chi connectivity index (χ0v) is 13.3.